The Morgan fingerprint density at radius 1 is 1.50 bits per heavy atom. The van der Waals surface area contributed by atoms with Crippen LogP contribution < -0.4 is 0 Å². The number of likely N-dealkylation sites (tertiary alicyclic amines) is 1. The molecule has 0 bridgehead atoms. The molecule has 1 heterocycles. The van der Waals surface area contributed by atoms with Crippen LogP contribution in [0.1, 0.15) is 12.0 Å². The van der Waals surface area contributed by atoms with Crippen molar-refractivity contribution < 1.29 is 9.90 Å². The molecule has 1 atom stereocenters. The van der Waals surface area contributed by atoms with Gasteiger partial charge in [-0.25, -0.2) is 0 Å². The highest BCUT2D eigenvalue weighted by Crippen LogP contribution is 2.20. The number of rotatable bonds is 3. The molecule has 2 rings (SSSR count). The molecule has 94 valence electrons. The molecule has 1 N–H and O–H groups in total. The second-order valence-electron chi connectivity index (χ2n) is 4.21. The molecule has 1 aromatic rings. The quantitative estimate of drug-likeness (QED) is 0.832. The number of β-amino-alcohol motifs (C(OH)–C–C–N with tert-alkyl or cyclic N) is 1. The summed E-state index contributed by atoms with van der Waals surface area (Å²) in [7, 11) is 0. The van der Waals surface area contributed by atoms with Gasteiger partial charge in [0, 0.05) is 18.0 Å². The molecule has 1 aromatic carbocycles. The van der Waals surface area contributed by atoms with Gasteiger partial charge in [-0.1, -0.05) is 0 Å². The first-order valence-corrected chi connectivity index (χ1v) is 6.76. The zero-order valence-corrected chi connectivity index (χ0v) is 10.7. The van der Waals surface area contributed by atoms with Crippen molar-refractivity contribution in [1.29, 1.82) is 5.26 Å². The van der Waals surface area contributed by atoms with E-state index in [-0.39, 0.29) is 12.0 Å². The molecule has 1 aliphatic rings. The number of aliphatic hydroxyl groups is 1. The zero-order chi connectivity index (χ0) is 13.0. The standard InChI is InChI=1S/C13H14N2O2S/c14-7-10-1-3-12(4-2-10)18-9-13(17)15-6-5-11(16)8-15/h1-4,11,16H,5-6,8-9H2/t11-/m1/s1. The maximum absolute atomic E-state index is 11.8. The number of nitrogens with zero attached hydrogens (tertiary/aromatic N) is 2. The Bertz CT molecular complexity index is 467. The van der Waals surface area contributed by atoms with Gasteiger partial charge in [-0.3, -0.25) is 4.79 Å². The summed E-state index contributed by atoms with van der Waals surface area (Å²) in [4.78, 5) is 14.5. The highest BCUT2D eigenvalue weighted by Gasteiger charge is 2.24. The minimum atomic E-state index is -0.367. The smallest absolute Gasteiger partial charge is 0.233 e. The lowest BCUT2D eigenvalue weighted by atomic mass is 10.2. The fourth-order valence-electron chi connectivity index (χ4n) is 1.83. The molecule has 5 heteroatoms. The van der Waals surface area contributed by atoms with Gasteiger partial charge < -0.3 is 10.0 Å². The van der Waals surface area contributed by atoms with E-state index < -0.39 is 0 Å². The van der Waals surface area contributed by atoms with E-state index in [2.05, 4.69) is 6.07 Å². The van der Waals surface area contributed by atoms with Crippen molar-refractivity contribution in [2.24, 2.45) is 0 Å². The van der Waals surface area contributed by atoms with Crippen molar-refractivity contribution in [1.82, 2.24) is 4.90 Å². The molecular weight excluding hydrogens is 248 g/mol. The molecule has 1 fully saturated rings. The third-order valence-electron chi connectivity index (χ3n) is 2.86. The number of nitriles is 1. The molecule has 0 saturated carbocycles. The third kappa shape index (κ3) is 3.25. The Morgan fingerprint density at radius 2 is 2.22 bits per heavy atom. The number of amides is 1. The third-order valence-corrected chi connectivity index (χ3v) is 3.86. The predicted octanol–water partition coefficient (Wildman–Crippen LogP) is 1.24. The molecule has 0 unspecified atom stereocenters. The summed E-state index contributed by atoms with van der Waals surface area (Å²) in [5.74, 6) is 0.430. The van der Waals surface area contributed by atoms with E-state index in [0.717, 1.165) is 4.90 Å². The molecule has 0 spiro atoms. The number of carbonyl (C=O) groups is 1. The van der Waals surface area contributed by atoms with Crippen LogP contribution in [0, 0.1) is 11.3 Å². The SMILES string of the molecule is N#Cc1ccc(SCC(=O)N2CC[C@@H](O)C2)cc1. The number of carbonyl (C=O) groups excluding carboxylic acids is 1. The monoisotopic (exact) mass is 262 g/mol. The lowest BCUT2D eigenvalue weighted by molar-refractivity contribution is -0.127. The van der Waals surface area contributed by atoms with Crippen LogP contribution in [0.15, 0.2) is 29.2 Å². The molecule has 0 aromatic heterocycles. The lowest BCUT2D eigenvalue weighted by Gasteiger charge is -2.14. The summed E-state index contributed by atoms with van der Waals surface area (Å²) in [6.45, 7) is 1.10. The van der Waals surface area contributed by atoms with E-state index in [1.54, 1.807) is 17.0 Å². The summed E-state index contributed by atoms with van der Waals surface area (Å²) < 4.78 is 0. The summed E-state index contributed by atoms with van der Waals surface area (Å²) in [5, 5.41) is 18.0. The molecule has 0 aliphatic carbocycles. The molecular formula is C13H14N2O2S. The van der Waals surface area contributed by atoms with E-state index >= 15 is 0 Å². The molecule has 1 aliphatic heterocycles. The topological polar surface area (TPSA) is 64.3 Å². The van der Waals surface area contributed by atoms with Gasteiger partial charge in [0.2, 0.25) is 5.91 Å². The first kappa shape index (κ1) is 12.9. The van der Waals surface area contributed by atoms with E-state index in [0.29, 0.717) is 30.8 Å². The van der Waals surface area contributed by atoms with Crippen LogP contribution >= 0.6 is 11.8 Å². The molecule has 1 amide bonds. The first-order valence-electron chi connectivity index (χ1n) is 5.78. The Labute approximate surface area is 110 Å². The number of benzene rings is 1. The minimum absolute atomic E-state index is 0.0564. The average Bonchev–Trinajstić information content (AvgIpc) is 2.83. The largest absolute Gasteiger partial charge is 0.391 e. The van der Waals surface area contributed by atoms with Crippen molar-refractivity contribution >= 4 is 17.7 Å². The van der Waals surface area contributed by atoms with Gasteiger partial charge >= 0.3 is 0 Å². The van der Waals surface area contributed by atoms with Crippen LogP contribution in [0.5, 0.6) is 0 Å². The molecule has 18 heavy (non-hydrogen) atoms. The van der Waals surface area contributed by atoms with E-state index in [4.69, 9.17) is 5.26 Å². The Morgan fingerprint density at radius 3 is 2.78 bits per heavy atom. The second kappa shape index (κ2) is 5.89. The van der Waals surface area contributed by atoms with Gasteiger partial charge in [0.1, 0.15) is 0 Å². The van der Waals surface area contributed by atoms with Gasteiger partial charge in [-0.05, 0) is 30.7 Å². The van der Waals surface area contributed by atoms with Gasteiger partial charge in [0.15, 0.2) is 0 Å². The van der Waals surface area contributed by atoms with Crippen molar-refractivity contribution in [3.05, 3.63) is 29.8 Å². The van der Waals surface area contributed by atoms with E-state index in [1.807, 2.05) is 12.1 Å². The number of aliphatic hydroxyl groups excluding tert-OH is 1. The van der Waals surface area contributed by atoms with Gasteiger partial charge in [0.25, 0.3) is 0 Å². The lowest BCUT2D eigenvalue weighted by Crippen LogP contribution is -2.30. The van der Waals surface area contributed by atoms with Crippen LogP contribution in [0.2, 0.25) is 0 Å². The number of hydrogen-bond donors (Lipinski definition) is 1. The van der Waals surface area contributed by atoms with Crippen LogP contribution in [0.4, 0.5) is 0 Å². The second-order valence-corrected chi connectivity index (χ2v) is 5.26. The number of thioether (sulfide) groups is 1. The van der Waals surface area contributed by atoms with Crippen molar-refractivity contribution in [3.63, 3.8) is 0 Å². The van der Waals surface area contributed by atoms with E-state index in [1.165, 1.54) is 11.8 Å². The minimum Gasteiger partial charge on any atom is -0.391 e. The Kier molecular flexibility index (Phi) is 4.24. The molecule has 1 saturated heterocycles. The Balaban J connectivity index is 1.84. The molecule has 4 nitrogen and oxygen atoms in total. The number of hydrogen-bond acceptors (Lipinski definition) is 4. The van der Waals surface area contributed by atoms with Gasteiger partial charge in [0.05, 0.1) is 23.5 Å². The highest BCUT2D eigenvalue weighted by atomic mass is 32.2. The van der Waals surface area contributed by atoms with Crippen LogP contribution in [0.25, 0.3) is 0 Å². The van der Waals surface area contributed by atoms with Crippen molar-refractivity contribution in [2.75, 3.05) is 18.8 Å². The highest BCUT2D eigenvalue weighted by molar-refractivity contribution is 8.00. The first-order chi connectivity index (χ1) is 8.69. The normalized spacial score (nSPS) is 18.7. The summed E-state index contributed by atoms with van der Waals surface area (Å²) >= 11 is 1.45. The molecule has 0 radical (unpaired) electrons. The van der Waals surface area contributed by atoms with Gasteiger partial charge in [-0.2, -0.15) is 5.26 Å². The fourth-order valence-corrected chi connectivity index (χ4v) is 2.63. The summed E-state index contributed by atoms with van der Waals surface area (Å²) in [6, 6.07) is 9.23. The average molecular weight is 262 g/mol. The fraction of sp³-hybridized carbons (Fsp3) is 0.385. The zero-order valence-electron chi connectivity index (χ0n) is 9.87. The van der Waals surface area contributed by atoms with Crippen LogP contribution in [-0.4, -0.2) is 40.9 Å². The summed E-state index contributed by atoms with van der Waals surface area (Å²) in [6.07, 6.45) is 0.307. The van der Waals surface area contributed by atoms with E-state index in [9.17, 15) is 9.90 Å². The van der Waals surface area contributed by atoms with Crippen molar-refractivity contribution in [2.45, 2.75) is 17.4 Å². The maximum Gasteiger partial charge on any atom is 0.233 e. The summed E-state index contributed by atoms with van der Waals surface area (Å²) in [5.41, 5.74) is 0.619. The van der Waals surface area contributed by atoms with Crippen LogP contribution in [0.3, 0.4) is 0 Å². The predicted molar refractivity (Wildman–Crippen MR) is 69.1 cm³/mol. The van der Waals surface area contributed by atoms with Crippen molar-refractivity contribution in [3.8, 4) is 6.07 Å². The van der Waals surface area contributed by atoms with Crippen LogP contribution in [-0.2, 0) is 4.79 Å². The Hall–Kier alpha value is -1.51. The maximum atomic E-state index is 11.8. The van der Waals surface area contributed by atoms with Gasteiger partial charge in [-0.15, -0.1) is 11.8 Å².